The molecule has 1 N–H and O–H groups in total. The van der Waals surface area contributed by atoms with E-state index in [9.17, 15) is 14.9 Å². The number of pyridine rings is 1. The van der Waals surface area contributed by atoms with E-state index in [1.807, 2.05) is 12.1 Å². The first-order chi connectivity index (χ1) is 11.5. The van der Waals surface area contributed by atoms with E-state index in [1.165, 1.54) is 0 Å². The summed E-state index contributed by atoms with van der Waals surface area (Å²) in [4.78, 5) is 27.0. The van der Waals surface area contributed by atoms with Crippen molar-refractivity contribution >= 4 is 51.4 Å². The molecule has 3 rings (SSSR count). The van der Waals surface area contributed by atoms with Gasteiger partial charge in [0.2, 0.25) is 0 Å². The fraction of sp³-hybridized carbons (Fsp3) is 0. The molecule has 120 valence electrons. The monoisotopic (exact) mass is 361 g/mol. The molecule has 2 aromatic carbocycles. The number of benzene rings is 2. The van der Waals surface area contributed by atoms with Crippen molar-refractivity contribution in [1.82, 2.24) is 4.98 Å². The molecule has 0 aliphatic carbocycles. The number of fused-ring (bicyclic) bond motifs is 1. The number of aromatic nitrogens is 1. The first-order valence-corrected chi connectivity index (χ1v) is 7.51. The standard InChI is InChI=1S/C16H9Cl2N3O3/c17-12-8-10(21(23)24)7-11(14(12)18)16(22)20-13-5-1-3-9-4-2-6-19-15(9)13/h1-8H,(H,20,22). The highest BCUT2D eigenvalue weighted by Gasteiger charge is 2.20. The Morgan fingerprint density at radius 3 is 2.67 bits per heavy atom. The average Bonchev–Trinajstić information content (AvgIpc) is 2.57. The van der Waals surface area contributed by atoms with Crippen molar-refractivity contribution in [3.05, 3.63) is 74.4 Å². The van der Waals surface area contributed by atoms with Crippen molar-refractivity contribution in [2.24, 2.45) is 0 Å². The summed E-state index contributed by atoms with van der Waals surface area (Å²) in [5.74, 6) is -0.608. The van der Waals surface area contributed by atoms with Gasteiger partial charge in [0.25, 0.3) is 11.6 Å². The molecule has 0 spiro atoms. The summed E-state index contributed by atoms with van der Waals surface area (Å²) in [6, 6.07) is 11.1. The quantitative estimate of drug-likeness (QED) is 0.540. The first kappa shape index (κ1) is 16.2. The smallest absolute Gasteiger partial charge is 0.271 e. The molecule has 0 atom stereocenters. The van der Waals surface area contributed by atoms with Gasteiger partial charge in [0.05, 0.1) is 31.7 Å². The van der Waals surface area contributed by atoms with Gasteiger partial charge in [-0.3, -0.25) is 19.9 Å². The molecule has 1 heterocycles. The third-order valence-corrected chi connectivity index (χ3v) is 4.15. The Morgan fingerprint density at radius 1 is 1.17 bits per heavy atom. The summed E-state index contributed by atoms with van der Waals surface area (Å²) in [5, 5.41) is 14.3. The lowest BCUT2D eigenvalue weighted by atomic mass is 10.1. The highest BCUT2D eigenvalue weighted by molar-refractivity contribution is 6.44. The Labute approximate surface area is 146 Å². The van der Waals surface area contributed by atoms with Crippen molar-refractivity contribution in [3.63, 3.8) is 0 Å². The Bertz CT molecular complexity index is 971. The van der Waals surface area contributed by atoms with Crippen LogP contribution in [0.4, 0.5) is 11.4 Å². The third-order valence-electron chi connectivity index (χ3n) is 3.35. The van der Waals surface area contributed by atoms with Gasteiger partial charge in [-0.2, -0.15) is 0 Å². The number of nitrogens with one attached hydrogen (secondary N) is 1. The molecule has 0 bridgehead atoms. The zero-order valence-corrected chi connectivity index (χ0v) is 13.5. The maximum absolute atomic E-state index is 12.5. The van der Waals surface area contributed by atoms with E-state index in [-0.39, 0.29) is 21.3 Å². The number of hydrogen-bond donors (Lipinski definition) is 1. The zero-order valence-electron chi connectivity index (χ0n) is 12.0. The largest absolute Gasteiger partial charge is 0.320 e. The molecule has 0 saturated heterocycles. The number of nitrogens with zero attached hydrogens (tertiary/aromatic N) is 2. The second-order valence-corrected chi connectivity index (χ2v) is 5.67. The lowest BCUT2D eigenvalue weighted by Crippen LogP contribution is -2.13. The van der Waals surface area contributed by atoms with Gasteiger partial charge in [-0.1, -0.05) is 41.4 Å². The molecule has 0 radical (unpaired) electrons. The number of amides is 1. The van der Waals surface area contributed by atoms with Crippen LogP contribution >= 0.6 is 23.2 Å². The molecule has 1 aromatic heterocycles. The third kappa shape index (κ3) is 3.02. The van der Waals surface area contributed by atoms with Crippen LogP contribution in [-0.4, -0.2) is 15.8 Å². The highest BCUT2D eigenvalue weighted by Crippen LogP contribution is 2.32. The van der Waals surface area contributed by atoms with Gasteiger partial charge in [-0.25, -0.2) is 0 Å². The van der Waals surface area contributed by atoms with Gasteiger partial charge in [-0.05, 0) is 12.1 Å². The normalized spacial score (nSPS) is 10.6. The molecule has 0 aliphatic rings. The van der Waals surface area contributed by atoms with Gasteiger partial charge in [0.1, 0.15) is 0 Å². The number of non-ortho nitro benzene ring substituents is 1. The zero-order chi connectivity index (χ0) is 17.3. The fourth-order valence-electron chi connectivity index (χ4n) is 2.24. The van der Waals surface area contributed by atoms with Crippen LogP contribution < -0.4 is 5.32 Å². The van der Waals surface area contributed by atoms with Gasteiger partial charge >= 0.3 is 0 Å². The average molecular weight is 362 g/mol. The number of anilines is 1. The predicted octanol–water partition coefficient (Wildman–Crippen LogP) is 4.70. The predicted molar refractivity (Wildman–Crippen MR) is 92.8 cm³/mol. The van der Waals surface area contributed by atoms with Crippen LogP contribution in [0.5, 0.6) is 0 Å². The van der Waals surface area contributed by atoms with Crippen molar-refractivity contribution in [2.45, 2.75) is 0 Å². The molecule has 0 aliphatic heterocycles. The molecule has 1 amide bonds. The van der Waals surface area contributed by atoms with E-state index in [4.69, 9.17) is 23.2 Å². The lowest BCUT2D eigenvalue weighted by molar-refractivity contribution is -0.384. The van der Waals surface area contributed by atoms with Crippen LogP contribution in [0.3, 0.4) is 0 Å². The van der Waals surface area contributed by atoms with E-state index in [2.05, 4.69) is 10.3 Å². The molecule has 24 heavy (non-hydrogen) atoms. The second kappa shape index (κ2) is 6.43. The topological polar surface area (TPSA) is 85.1 Å². The molecule has 8 heteroatoms. The minimum absolute atomic E-state index is 0.0482. The SMILES string of the molecule is O=C(Nc1cccc2cccnc12)c1cc([N+](=O)[O-])cc(Cl)c1Cl. The molecule has 0 saturated carbocycles. The number of carbonyl (C=O) groups is 1. The van der Waals surface area contributed by atoms with E-state index >= 15 is 0 Å². The Balaban J connectivity index is 2.02. The van der Waals surface area contributed by atoms with E-state index in [0.717, 1.165) is 17.5 Å². The number of hydrogen-bond acceptors (Lipinski definition) is 4. The Morgan fingerprint density at radius 2 is 1.92 bits per heavy atom. The highest BCUT2D eigenvalue weighted by atomic mass is 35.5. The van der Waals surface area contributed by atoms with Crippen molar-refractivity contribution in [3.8, 4) is 0 Å². The van der Waals surface area contributed by atoms with Crippen LogP contribution in [-0.2, 0) is 0 Å². The van der Waals surface area contributed by atoms with Crippen molar-refractivity contribution in [1.29, 1.82) is 0 Å². The van der Waals surface area contributed by atoms with Gasteiger partial charge in [0, 0.05) is 23.7 Å². The number of nitro groups is 1. The van der Waals surface area contributed by atoms with Crippen LogP contribution in [0.25, 0.3) is 10.9 Å². The second-order valence-electron chi connectivity index (χ2n) is 4.88. The lowest BCUT2D eigenvalue weighted by Gasteiger charge is -2.09. The minimum Gasteiger partial charge on any atom is -0.320 e. The molecule has 0 fully saturated rings. The van der Waals surface area contributed by atoms with Crippen LogP contribution in [0.15, 0.2) is 48.7 Å². The van der Waals surface area contributed by atoms with Crippen molar-refractivity contribution in [2.75, 3.05) is 5.32 Å². The molecule has 0 unspecified atom stereocenters. The summed E-state index contributed by atoms with van der Waals surface area (Å²) in [6.07, 6.45) is 1.61. The first-order valence-electron chi connectivity index (χ1n) is 6.76. The van der Waals surface area contributed by atoms with Gasteiger partial charge in [-0.15, -0.1) is 0 Å². The summed E-state index contributed by atoms with van der Waals surface area (Å²) in [6.45, 7) is 0. The molecule has 6 nitrogen and oxygen atoms in total. The summed E-state index contributed by atoms with van der Waals surface area (Å²) in [7, 11) is 0. The minimum atomic E-state index is -0.640. The molecule has 3 aromatic rings. The van der Waals surface area contributed by atoms with Gasteiger partial charge in [0.15, 0.2) is 0 Å². The summed E-state index contributed by atoms with van der Waals surface area (Å²) < 4.78 is 0. The molecular formula is C16H9Cl2N3O3. The Hall–Kier alpha value is -2.70. The summed E-state index contributed by atoms with van der Waals surface area (Å²) >= 11 is 11.9. The van der Waals surface area contributed by atoms with Crippen LogP contribution in [0.1, 0.15) is 10.4 Å². The maximum atomic E-state index is 12.5. The number of halogens is 2. The van der Waals surface area contributed by atoms with E-state index in [0.29, 0.717) is 11.2 Å². The summed E-state index contributed by atoms with van der Waals surface area (Å²) in [5.41, 5.74) is 0.673. The number of nitro benzene ring substituents is 1. The van der Waals surface area contributed by atoms with Crippen molar-refractivity contribution < 1.29 is 9.72 Å². The maximum Gasteiger partial charge on any atom is 0.271 e. The fourth-order valence-corrected chi connectivity index (χ4v) is 2.65. The number of carbonyl (C=O) groups excluding carboxylic acids is 1. The van der Waals surface area contributed by atoms with Crippen LogP contribution in [0.2, 0.25) is 10.0 Å². The number of para-hydroxylation sites is 1. The van der Waals surface area contributed by atoms with E-state index in [1.54, 1.807) is 24.4 Å². The van der Waals surface area contributed by atoms with E-state index < -0.39 is 10.8 Å². The molecular weight excluding hydrogens is 353 g/mol. The van der Waals surface area contributed by atoms with Gasteiger partial charge < -0.3 is 5.32 Å². The van der Waals surface area contributed by atoms with Crippen LogP contribution in [0, 0.1) is 10.1 Å². The Kier molecular flexibility index (Phi) is 4.33. The number of rotatable bonds is 3.